The van der Waals surface area contributed by atoms with Gasteiger partial charge < -0.3 is 19.7 Å². The van der Waals surface area contributed by atoms with Crippen molar-refractivity contribution in [3.05, 3.63) is 30.3 Å². The van der Waals surface area contributed by atoms with Crippen molar-refractivity contribution in [3.8, 4) is 5.75 Å². The monoisotopic (exact) mass is 364 g/mol. The van der Waals surface area contributed by atoms with Crippen LogP contribution in [0.3, 0.4) is 0 Å². The molecule has 1 aromatic rings. The summed E-state index contributed by atoms with van der Waals surface area (Å²) in [5.41, 5.74) is -0.609. The molecule has 2 amide bonds. The molecule has 26 heavy (non-hydrogen) atoms. The number of hydrogen-bond donors (Lipinski definition) is 1. The van der Waals surface area contributed by atoms with E-state index in [1.54, 1.807) is 32.7 Å². The van der Waals surface area contributed by atoms with Crippen molar-refractivity contribution < 1.29 is 19.1 Å². The van der Waals surface area contributed by atoms with Crippen LogP contribution in [0.2, 0.25) is 0 Å². The van der Waals surface area contributed by atoms with E-state index in [1.807, 2.05) is 44.2 Å². The summed E-state index contributed by atoms with van der Waals surface area (Å²) in [5.74, 6) is 0.605. The third-order valence-corrected chi connectivity index (χ3v) is 3.97. The topological polar surface area (TPSA) is 67.9 Å². The molecule has 0 aromatic heterocycles. The fraction of sp³-hybridized carbons (Fsp3) is 0.600. The number of rotatable bonds is 8. The first-order valence-corrected chi connectivity index (χ1v) is 9.06. The maximum atomic E-state index is 12.8. The summed E-state index contributed by atoms with van der Waals surface area (Å²) in [4.78, 5) is 26.5. The van der Waals surface area contributed by atoms with Gasteiger partial charge in [0, 0.05) is 7.05 Å². The van der Waals surface area contributed by atoms with Crippen LogP contribution in [0.5, 0.6) is 5.75 Å². The number of ether oxygens (including phenoxy) is 2. The Morgan fingerprint density at radius 1 is 1.19 bits per heavy atom. The van der Waals surface area contributed by atoms with Crippen LogP contribution in [0.4, 0.5) is 4.79 Å². The Morgan fingerprint density at radius 3 is 2.35 bits per heavy atom. The second kappa shape index (κ2) is 10.0. The minimum absolute atomic E-state index is 0.00694. The third-order valence-electron chi connectivity index (χ3n) is 3.97. The van der Waals surface area contributed by atoms with Crippen LogP contribution in [0.15, 0.2) is 30.3 Å². The smallest absolute Gasteiger partial charge is 0.408 e. The number of likely N-dealkylation sites (N-methyl/N-ethyl adjacent to an activating group) is 1. The molecule has 6 nitrogen and oxygen atoms in total. The van der Waals surface area contributed by atoms with Gasteiger partial charge in [-0.25, -0.2) is 4.79 Å². The maximum Gasteiger partial charge on any atom is 0.408 e. The number of carbonyl (C=O) groups excluding carboxylic acids is 2. The lowest BCUT2D eigenvalue weighted by Gasteiger charge is -2.29. The van der Waals surface area contributed by atoms with Gasteiger partial charge >= 0.3 is 6.09 Å². The van der Waals surface area contributed by atoms with E-state index in [0.717, 1.165) is 12.2 Å². The van der Waals surface area contributed by atoms with E-state index in [9.17, 15) is 9.59 Å². The van der Waals surface area contributed by atoms with Crippen molar-refractivity contribution in [2.75, 3.05) is 20.2 Å². The van der Waals surface area contributed by atoms with Crippen LogP contribution >= 0.6 is 0 Å². The first-order chi connectivity index (χ1) is 12.1. The lowest BCUT2D eigenvalue weighted by molar-refractivity contribution is -0.133. The molecule has 0 saturated heterocycles. The van der Waals surface area contributed by atoms with Crippen molar-refractivity contribution in [1.82, 2.24) is 10.2 Å². The predicted octanol–water partition coefficient (Wildman–Crippen LogP) is 3.46. The molecule has 0 spiro atoms. The van der Waals surface area contributed by atoms with E-state index in [0.29, 0.717) is 13.2 Å². The second-order valence-corrected chi connectivity index (χ2v) is 7.43. The molecule has 2 atom stereocenters. The zero-order valence-electron chi connectivity index (χ0n) is 16.7. The normalized spacial score (nSPS) is 13.5. The van der Waals surface area contributed by atoms with Gasteiger partial charge in [0.1, 0.15) is 24.0 Å². The highest BCUT2D eigenvalue weighted by Crippen LogP contribution is 2.13. The van der Waals surface area contributed by atoms with Gasteiger partial charge in [0.15, 0.2) is 0 Å². The van der Waals surface area contributed by atoms with E-state index in [4.69, 9.17) is 9.47 Å². The summed E-state index contributed by atoms with van der Waals surface area (Å²) < 4.78 is 10.9. The summed E-state index contributed by atoms with van der Waals surface area (Å²) in [6.07, 6.45) is 0.186. The van der Waals surface area contributed by atoms with Crippen LogP contribution in [0.1, 0.15) is 41.0 Å². The summed E-state index contributed by atoms with van der Waals surface area (Å²) in [5, 5.41) is 2.72. The molecule has 0 saturated carbocycles. The minimum Gasteiger partial charge on any atom is -0.492 e. The SMILES string of the molecule is CC[C@@H](C)[C@@H](NC(=O)OC(C)(C)C)C(=O)N(C)CCOc1ccccc1. The third kappa shape index (κ3) is 7.76. The molecule has 0 bridgehead atoms. The lowest BCUT2D eigenvalue weighted by atomic mass is 9.98. The zero-order chi connectivity index (χ0) is 19.7. The Kier molecular flexibility index (Phi) is 8.42. The highest BCUT2D eigenvalue weighted by atomic mass is 16.6. The van der Waals surface area contributed by atoms with Crippen LogP contribution in [-0.4, -0.2) is 48.7 Å². The number of para-hydroxylation sites is 1. The Hall–Kier alpha value is -2.24. The Morgan fingerprint density at radius 2 is 1.81 bits per heavy atom. The van der Waals surface area contributed by atoms with Gasteiger partial charge in [0.05, 0.1) is 6.54 Å². The number of nitrogens with zero attached hydrogens (tertiary/aromatic N) is 1. The van der Waals surface area contributed by atoms with Gasteiger partial charge in [-0.1, -0.05) is 38.5 Å². The summed E-state index contributed by atoms with van der Waals surface area (Å²) in [6.45, 7) is 10.1. The number of nitrogens with one attached hydrogen (secondary N) is 1. The molecule has 0 aliphatic carbocycles. The molecule has 6 heteroatoms. The number of amides is 2. The number of hydrogen-bond acceptors (Lipinski definition) is 4. The second-order valence-electron chi connectivity index (χ2n) is 7.43. The molecule has 1 N–H and O–H groups in total. The molecule has 0 aliphatic rings. The lowest BCUT2D eigenvalue weighted by Crippen LogP contribution is -2.52. The number of alkyl carbamates (subject to hydrolysis) is 1. The predicted molar refractivity (Wildman–Crippen MR) is 102 cm³/mol. The van der Waals surface area contributed by atoms with Crippen LogP contribution in [0.25, 0.3) is 0 Å². The molecule has 1 rings (SSSR count). The van der Waals surface area contributed by atoms with Crippen molar-refractivity contribution in [2.24, 2.45) is 5.92 Å². The minimum atomic E-state index is -0.628. The van der Waals surface area contributed by atoms with Crippen molar-refractivity contribution in [1.29, 1.82) is 0 Å². The van der Waals surface area contributed by atoms with Gasteiger partial charge in [-0.2, -0.15) is 0 Å². The maximum absolute atomic E-state index is 12.8. The van der Waals surface area contributed by atoms with E-state index < -0.39 is 17.7 Å². The fourth-order valence-electron chi connectivity index (χ4n) is 2.28. The van der Waals surface area contributed by atoms with Gasteiger partial charge in [-0.15, -0.1) is 0 Å². The van der Waals surface area contributed by atoms with Crippen LogP contribution in [-0.2, 0) is 9.53 Å². The largest absolute Gasteiger partial charge is 0.492 e. The van der Waals surface area contributed by atoms with Crippen molar-refractivity contribution >= 4 is 12.0 Å². The van der Waals surface area contributed by atoms with E-state index in [1.165, 1.54) is 0 Å². The highest BCUT2D eigenvalue weighted by molar-refractivity contribution is 5.85. The number of carbonyl (C=O) groups is 2. The van der Waals surface area contributed by atoms with Crippen LogP contribution in [0, 0.1) is 5.92 Å². The average molecular weight is 364 g/mol. The van der Waals surface area contributed by atoms with Gasteiger partial charge in [-0.3, -0.25) is 4.79 Å². The first-order valence-electron chi connectivity index (χ1n) is 9.06. The quantitative estimate of drug-likeness (QED) is 0.767. The number of benzene rings is 1. The van der Waals surface area contributed by atoms with Crippen molar-refractivity contribution in [2.45, 2.75) is 52.7 Å². The first kappa shape index (κ1) is 21.8. The Bertz CT molecular complexity index is 569. The zero-order valence-corrected chi connectivity index (χ0v) is 16.7. The standard InChI is InChI=1S/C20H32N2O4/c1-7-15(2)17(21-19(24)26-20(3,4)5)18(23)22(6)13-14-25-16-11-9-8-10-12-16/h8-12,15,17H,7,13-14H2,1-6H3,(H,21,24)/t15-,17-/m1/s1. The molecule has 0 aliphatic heterocycles. The summed E-state index contributed by atoms with van der Waals surface area (Å²) >= 11 is 0. The average Bonchev–Trinajstić information content (AvgIpc) is 2.57. The van der Waals surface area contributed by atoms with Gasteiger partial charge in [0.25, 0.3) is 0 Å². The van der Waals surface area contributed by atoms with Crippen molar-refractivity contribution in [3.63, 3.8) is 0 Å². The van der Waals surface area contributed by atoms with Gasteiger partial charge in [-0.05, 0) is 38.8 Å². The van der Waals surface area contributed by atoms with Crippen LogP contribution < -0.4 is 10.1 Å². The summed E-state index contributed by atoms with van der Waals surface area (Å²) in [6, 6.07) is 8.82. The van der Waals surface area contributed by atoms with E-state index in [2.05, 4.69) is 5.32 Å². The Balaban J connectivity index is 2.61. The molecule has 0 fully saturated rings. The summed E-state index contributed by atoms with van der Waals surface area (Å²) in [7, 11) is 1.71. The molecule has 0 heterocycles. The molecule has 146 valence electrons. The fourth-order valence-corrected chi connectivity index (χ4v) is 2.28. The van der Waals surface area contributed by atoms with E-state index in [-0.39, 0.29) is 11.8 Å². The molecule has 0 unspecified atom stereocenters. The Labute approximate surface area is 156 Å². The molecular formula is C20H32N2O4. The molecule has 0 radical (unpaired) electrons. The molecular weight excluding hydrogens is 332 g/mol. The van der Waals surface area contributed by atoms with E-state index >= 15 is 0 Å². The highest BCUT2D eigenvalue weighted by Gasteiger charge is 2.30. The van der Waals surface area contributed by atoms with Gasteiger partial charge in [0.2, 0.25) is 5.91 Å². The molecule has 1 aromatic carbocycles.